The number of rotatable bonds is 8. The summed E-state index contributed by atoms with van der Waals surface area (Å²) >= 11 is 0. The first-order chi connectivity index (χ1) is 20.9. The van der Waals surface area contributed by atoms with Crippen LogP contribution < -0.4 is 4.74 Å². The van der Waals surface area contributed by atoms with Gasteiger partial charge in [0.25, 0.3) is 0 Å². The number of hydrogen-bond donors (Lipinski definition) is 0. The Morgan fingerprint density at radius 3 is 1.70 bits per heavy atom. The number of ether oxygens (including phenoxy) is 1. The molecule has 0 aliphatic carbocycles. The van der Waals surface area contributed by atoms with Crippen LogP contribution in [0.4, 0.5) is 39.5 Å². The molecule has 0 unspecified atom stereocenters. The fourth-order valence-electron chi connectivity index (χ4n) is 4.52. The van der Waals surface area contributed by atoms with Crippen LogP contribution in [0.3, 0.4) is 0 Å². The molecular formula is C32H19F9N2O. The second-order valence-corrected chi connectivity index (χ2v) is 9.69. The predicted molar refractivity (Wildman–Crippen MR) is 143 cm³/mol. The Balaban J connectivity index is 1.38. The van der Waals surface area contributed by atoms with Gasteiger partial charge in [0.15, 0.2) is 23.3 Å². The summed E-state index contributed by atoms with van der Waals surface area (Å²) in [6, 6.07) is 7.82. The molecular weight excluding hydrogens is 599 g/mol. The minimum absolute atomic E-state index is 0.0856. The van der Waals surface area contributed by atoms with Crippen LogP contribution >= 0.6 is 0 Å². The summed E-state index contributed by atoms with van der Waals surface area (Å²) in [6.07, 6.45) is -0.165. The van der Waals surface area contributed by atoms with Crippen molar-refractivity contribution >= 4 is 0 Å². The lowest BCUT2D eigenvalue weighted by atomic mass is 9.99. The molecule has 0 fully saturated rings. The van der Waals surface area contributed by atoms with E-state index in [2.05, 4.69) is 14.7 Å². The zero-order valence-corrected chi connectivity index (χ0v) is 22.5. The molecule has 0 saturated heterocycles. The summed E-state index contributed by atoms with van der Waals surface area (Å²) in [6.45, 7) is 1.94. The van der Waals surface area contributed by atoms with Gasteiger partial charge in [0, 0.05) is 35.2 Å². The molecule has 0 atom stereocenters. The first-order valence-electron chi connectivity index (χ1n) is 13.0. The molecule has 0 amide bonds. The molecule has 12 heteroatoms. The van der Waals surface area contributed by atoms with E-state index in [9.17, 15) is 39.5 Å². The topological polar surface area (TPSA) is 35.0 Å². The van der Waals surface area contributed by atoms with E-state index in [1.807, 2.05) is 6.92 Å². The maximum atomic E-state index is 14.9. The highest BCUT2D eigenvalue weighted by molar-refractivity contribution is 5.72. The van der Waals surface area contributed by atoms with E-state index < -0.39 is 58.1 Å². The van der Waals surface area contributed by atoms with Crippen molar-refractivity contribution in [2.75, 3.05) is 0 Å². The molecule has 0 bridgehead atoms. The molecule has 0 aliphatic heterocycles. The Labute approximate surface area is 244 Å². The Kier molecular flexibility index (Phi) is 8.36. The molecule has 0 saturated carbocycles. The first kappa shape index (κ1) is 30.6. The summed E-state index contributed by atoms with van der Waals surface area (Å²) in [4.78, 5) is 8.03. The number of aryl methyl sites for hydroxylation is 1. The summed E-state index contributed by atoms with van der Waals surface area (Å²) in [5.74, 6) is -11.2. The molecule has 226 valence electrons. The third kappa shape index (κ3) is 6.10. The van der Waals surface area contributed by atoms with Crippen LogP contribution in [0.1, 0.15) is 24.5 Å². The minimum atomic E-state index is -4.58. The fraction of sp³-hybridized carbons (Fsp3) is 0.125. The summed E-state index contributed by atoms with van der Waals surface area (Å²) in [5, 5.41) is 0. The second kappa shape index (κ2) is 12.0. The third-order valence-electron chi connectivity index (χ3n) is 6.60. The van der Waals surface area contributed by atoms with Gasteiger partial charge in [-0.2, -0.15) is 8.78 Å². The number of nitrogens with zero attached hydrogens (tertiary/aromatic N) is 2. The molecule has 3 nitrogen and oxygen atoms in total. The monoisotopic (exact) mass is 618 g/mol. The molecule has 1 aromatic heterocycles. The largest absolute Gasteiger partial charge is 0.432 e. The van der Waals surface area contributed by atoms with Crippen molar-refractivity contribution in [3.8, 4) is 39.4 Å². The third-order valence-corrected chi connectivity index (χ3v) is 6.60. The highest BCUT2D eigenvalue weighted by Gasteiger charge is 2.41. The predicted octanol–water partition coefficient (Wildman–Crippen LogP) is 9.53. The Bertz CT molecular complexity index is 1810. The lowest BCUT2D eigenvalue weighted by molar-refractivity contribution is -0.189. The van der Waals surface area contributed by atoms with Gasteiger partial charge >= 0.3 is 6.11 Å². The number of alkyl halides is 2. The van der Waals surface area contributed by atoms with Gasteiger partial charge in [-0.25, -0.2) is 40.7 Å². The number of hydrogen-bond acceptors (Lipinski definition) is 3. The maximum absolute atomic E-state index is 14.9. The molecule has 0 aliphatic rings. The van der Waals surface area contributed by atoms with E-state index >= 15 is 0 Å². The van der Waals surface area contributed by atoms with Crippen molar-refractivity contribution in [2.24, 2.45) is 0 Å². The Hall–Kier alpha value is -4.87. The SMILES string of the molecule is CCCc1cnc(-c2cc(F)c(C(F)(F)Oc3ccc(-c4ccc(-c5cc(F)c(F)c(F)c5)c(F)c4)c(F)c3)c(F)c2)nc1. The number of benzene rings is 4. The molecule has 5 aromatic rings. The first-order valence-corrected chi connectivity index (χ1v) is 13.0. The van der Waals surface area contributed by atoms with Gasteiger partial charge in [0.05, 0.1) is 0 Å². The van der Waals surface area contributed by atoms with Crippen molar-refractivity contribution < 1.29 is 44.3 Å². The lowest BCUT2D eigenvalue weighted by Gasteiger charge is -2.20. The smallest absolute Gasteiger partial charge is 0.429 e. The van der Waals surface area contributed by atoms with Crippen molar-refractivity contribution in [3.05, 3.63) is 125 Å². The van der Waals surface area contributed by atoms with Gasteiger partial charge in [-0.05, 0) is 65.6 Å². The Morgan fingerprint density at radius 1 is 0.614 bits per heavy atom. The molecule has 0 N–H and O–H groups in total. The zero-order chi connectivity index (χ0) is 31.8. The van der Waals surface area contributed by atoms with Crippen LogP contribution in [0.5, 0.6) is 5.75 Å². The van der Waals surface area contributed by atoms with E-state index in [1.165, 1.54) is 18.5 Å². The van der Waals surface area contributed by atoms with E-state index in [-0.39, 0.29) is 33.6 Å². The van der Waals surface area contributed by atoms with E-state index in [4.69, 9.17) is 0 Å². The summed E-state index contributed by atoms with van der Waals surface area (Å²) < 4.78 is 134. The van der Waals surface area contributed by atoms with Crippen molar-refractivity contribution in [2.45, 2.75) is 25.9 Å². The van der Waals surface area contributed by atoms with Gasteiger partial charge in [-0.1, -0.05) is 25.5 Å². The van der Waals surface area contributed by atoms with Crippen LogP contribution in [0.25, 0.3) is 33.6 Å². The van der Waals surface area contributed by atoms with Crippen LogP contribution in [-0.2, 0) is 12.5 Å². The fourth-order valence-corrected chi connectivity index (χ4v) is 4.52. The highest BCUT2D eigenvalue weighted by Crippen LogP contribution is 2.38. The zero-order valence-electron chi connectivity index (χ0n) is 22.5. The van der Waals surface area contributed by atoms with Gasteiger partial charge in [0.2, 0.25) is 0 Å². The Morgan fingerprint density at radius 2 is 1.14 bits per heavy atom. The minimum Gasteiger partial charge on any atom is -0.429 e. The molecule has 44 heavy (non-hydrogen) atoms. The lowest BCUT2D eigenvalue weighted by Crippen LogP contribution is -2.25. The van der Waals surface area contributed by atoms with Crippen LogP contribution in [0.15, 0.2) is 73.1 Å². The van der Waals surface area contributed by atoms with E-state index in [0.29, 0.717) is 36.8 Å². The van der Waals surface area contributed by atoms with Gasteiger partial charge in [0.1, 0.15) is 34.6 Å². The van der Waals surface area contributed by atoms with E-state index in [0.717, 1.165) is 36.2 Å². The molecule has 5 rings (SSSR count). The van der Waals surface area contributed by atoms with Gasteiger partial charge in [-0.15, -0.1) is 0 Å². The average Bonchev–Trinajstić information content (AvgIpc) is 2.95. The van der Waals surface area contributed by atoms with E-state index in [1.54, 1.807) is 0 Å². The van der Waals surface area contributed by atoms with Crippen molar-refractivity contribution in [3.63, 3.8) is 0 Å². The standard InChI is InChI=1S/C32H19F9N2O/c1-2-3-16-14-42-31(43-15-16)19-11-25(35)29(26(36)12-19)32(40,41)44-20-5-7-21(24(34)13-20)17-4-6-22(23(33)8-17)18-9-27(37)30(39)28(38)10-18/h4-15H,2-3H2,1H3. The maximum Gasteiger partial charge on any atom is 0.432 e. The van der Waals surface area contributed by atoms with Gasteiger partial charge < -0.3 is 4.74 Å². The molecule has 0 radical (unpaired) electrons. The molecule has 1 heterocycles. The number of halogens is 9. The average molecular weight is 618 g/mol. The van der Waals surface area contributed by atoms with Crippen molar-refractivity contribution in [1.29, 1.82) is 0 Å². The number of aromatic nitrogens is 2. The molecule has 0 spiro atoms. The molecule has 4 aromatic carbocycles. The quantitative estimate of drug-likeness (QED) is 0.128. The second-order valence-electron chi connectivity index (χ2n) is 9.69. The van der Waals surface area contributed by atoms with Crippen molar-refractivity contribution in [1.82, 2.24) is 9.97 Å². The normalized spacial score (nSPS) is 11.6. The summed E-state index contributed by atoms with van der Waals surface area (Å²) in [5.41, 5.74) is -2.14. The summed E-state index contributed by atoms with van der Waals surface area (Å²) in [7, 11) is 0. The van der Waals surface area contributed by atoms with Crippen LogP contribution in [0.2, 0.25) is 0 Å². The van der Waals surface area contributed by atoms with Crippen LogP contribution in [-0.4, -0.2) is 9.97 Å². The highest BCUT2D eigenvalue weighted by atomic mass is 19.3. The van der Waals surface area contributed by atoms with Crippen LogP contribution in [0, 0.1) is 40.7 Å². The van der Waals surface area contributed by atoms with Gasteiger partial charge in [-0.3, -0.25) is 0 Å².